The molecular formula is C19H20F2N2O5S. The quantitative estimate of drug-likeness (QED) is 0.640. The van der Waals surface area contributed by atoms with Gasteiger partial charge in [0.05, 0.1) is 11.3 Å². The normalized spacial score (nSPS) is 11.0. The van der Waals surface area contributed by atoms with Crippen molar-refractivity contribution in [1.29, 1.82) is 0 Å². The number of ether oxygens (including phenoxy) is 1. The molecule has 2 rings (SSSR count). The topological polar surface area (TPSA) is 102 Å². The minimum atomic E-state index is -3.14. The van der Waals surface area contributed by atoms with Gasteiger partial charge >= 0.3 is 0 Å². The largest absolute Gasteiger partial charge is 0.492 e. The van der Waals surface area contributed by atoms with Crippen molar-refractivity contribution in [2.45, 2.75) is 6.42 Å². The van der Waals surface area contributed by atoms with E-state index in [2.05, 4.69) is 10.6 Å². The Bertz CT molecular complexity index is 996. The van der Waals surface area contributed by atoms with Crippen LogP contribution in [0.3, 0.4) is 0 Å². The molecule has 29 heavy (non-hydrogen) atoms. The third kappa shape index (κ3) is 7.86. The van der Waals surface area contributed by atoms with Gasteiger partial charge in [-0.1, -0.05) is 6.07 Å². The van der Waals surface area contributed by atoms with Crippen LogP contribution in [0.1, 0.15) is 16.8 Å². The van der Waals surface area contributed by atoms with Crippen molar-refractivity contribution in [2.75, 3.05) is 30.5 Å². The molecule has 2 aromatic carbocycles. The van der Waals surface area contributed by atoms with Crippen LogP contribution in [0.5, 0.6) is 5.75 Å². The van der Waals surface area contributed by atoms with Gasteiger partial charge in [-0.3, -0.25) is 9.59 Å². The Kier molecular flexibility index (Phi) is 7.66. The fraction of sp³-hybridized carbons (Fsp3) is 0.263. The summed E-state index contributed by atoms with van der Waals surface area (Å²) < 4.78 is 53.9. The van der Waals surface area contributed by atoms with Gasteiger partial charge in [0.1, 0.15) is 24.0 Å². The first-order valence-electron chi connectivity index (χ1n) is 8.58. The number of rotatable bonds is 9. The van der Waals surface area contributed by atoms with Gasteiger partial charge in [-0.05, 0) is 24.3 Å². The molecule has 2 amide bonds. The maximum atomic E-state index is 13.5. The molecule has 2 aromatic rings. The van der Waals surface area contributed by atoms with Gasteiger partial charge in [0.2, 0.25) is 5.91 Å². The molecule has 0 fully saturated rings. The summed E-state index contributed by atoms with van der Waals surface area (Å²) in [4.78, 5) is 23.9. The molecule has 0 aliphatic rings. The SMILES string of the molecule is CS(=O)(=O)CCOc1cccc(NC(=O)CCNC(=O)c2ccc(F)cc2F)c1. The minimum Gasteiger partial charge on any atom is -0.492 e. The van der Waals surface area contributed by atoms with Gasteiger partial charge in [0.25, 0.3) is 5.91 Å². The van der Waals surface area contributed by atoms with Crippen LogP contribution in [-0.4, -0.2) is 45.4 Å². The van der Waals surface area contributed by atoms with Gasteiger partial charge in [0, 0.05) is 37.0 Å². The minimum absolute atomic E-state index is 0.0117. The maximum Gasteiger partial charge on any atom is 0.254 e. The van der Waals surface area contributed by atoms with E-state index in [-0.39, 0.29) is 30.9 Å². The zero-order valence-electron chi connectivity index (χ0n) is 15.6. The van der Waals surface area contributed by atoms with Crippen molar-refractivity contribution < 1.29 is 31.5 Å². The number of hydrogen-bond acceptors (Lipinski definition) is 5. The van der Waals surface area contributed by atoms with Crippen molar-refractivity contribution in [1.82, 2.24) is 5.32 Å². The second-order valence-electron chi connectivity index (χ2n) is 6.18. The molecule has 156 valence electrons. The summed E-state index contributed by atoms with van der Waals surface area (Å²) >= 11 is 0. The van der Waals surface area contributed by atoms with Gasteiger partial charge in [-0.15, -0.1) is 0 Å². The molecule has 2 N–H and O–H groups in total. The standard InChI is InChI=1S/C19H20F2N2O5S/c1-29(26,27)10-9-28-15-4-2-3-14(12-15)23-18(24)7-8-22-19(25)16-6-5-13(20)11-17(16)21/h2-6,11-12H,7-10H2,1H3,(H,22,25)(H,23,24). The molecule has 10 heteroatoms. The number of carbonyl (C=O) groups is 2. The van der Waals surface area contributed by atoms with Crippen LogP contribution in [0.4, 0.5) is 14.5 Å². The van der Waals surface area contributed by atoms with E-state index in [9.17, 15) is 26.8 Å². The first-order valence-corrected chi connectivity index (χ1v) is 10.6. The van der Waals surface area contributed by atoms with Crippen LogP contribution >= 0.6 is 0 Å². The summed E-state index contributed by atoms with van der Waals surface area (Å²) in [6.07, 6.45) is 1.03. The highest BCUT2D eigenvalue weighted by atomic mass is 32.2. The molecule has 0 aromatic heterocycles. The Morgan fingerprint density at radius 1 is 1.10 bits per heavy atom. The fourth-order valence-electron chi connectivity index (χ4n) is 2.26. The second kappa shape index (κ2) is 9.97. The smallest absolute Gasteiger partial charge is 0.254 e. The van der Waals surface area contributed by atoms with Crippen LogP contribution < -0.4 is 15.4 Å². The number of nitrogens with one attached hydrogen (secondary N) is 2. The Balaban J connectivity index is 1.80. The molecular weight excluding hydrogens is 406 g/mol. The third-order valence-corrected chi connectivity index (χ3v) is 4.56. The molecule has 0 radical (unpaired) electrons. The van der Waals surface area contributed by atoms with E-state index in [4.69, 9.17) is 4.74 Å². The van der Waals surface area contributed by atoms with Crippen molar-refractivity contribution in [3.8, 4) is 5.75 Å². The second-order valence-corrected chi connectivity index (χ2v) is 8.44. The van der Waals surface area contributed by atoms with E-state index in [1.807, 2.05) is 0 Å². The van der Waals surface area contributed by atoms with Gasteiger partial charge in [0.15, 0.2) is 9.84 Å². The number of halogens is 2. The van der Waals surface area contributed by atoms with E-state index in [1.165, 1.54) is 6.07 Å². The summed E-state index contributed by atoms with van der Waals surface area (Å²) in [7, 11) is -3.14. The lowest BCUT2D eigenvalue weighted by Gasteiger charge is -2.09. The number of benzene rings is 2. The van der Waals surface area contributed by atoms with Gasteiger partial charge < -0.3 is 15.4 Å². The lowest BCUT2D eigenvalue weighted by atomic mass is 10.2. The Morgan fingerprint density at radius 2 is 1.86 bits per heavy atom. The lowest BCUT2D eigenvalue weighted by molar-refractivity contribution is -0.116. The summed E-state index contributed by atoms with van der Waals surface area (Å²) in [5.74, 6) is -2.67. The van der Waals surface area contributed by atoms with E-state index in [0.29, 0.717) is 17.5 Å². The Morgan fingerprint density at radius 3 is 2.55 bits per heavy atom. The molecule has 0 unspecified atom stereocenters. The maximum absolute atomic E-state index is 13.5. The first kappa shape index (κ1) is 22.3. The van der Waals surface area contributed by atoms with Crippen LogP contribution in [0.25, 0.3) is 0 Å². The zero-order valence-corrected chi connectivity index (χ0v) is 16.4. The summed E-state index contributed by atoms with van der Waals surface area (Å²) in [5, 5.41) is 4.99. The third-order valence-electron chi connectivity index (χ3n) is 3.65. The monoisotopic (exact) mass is 426 g/mol. The number of hydrogen-bond donors (Lipinski definition) is 2. The zero-order chi connectivity index (χ0) is 21.4. The Labute approximate surface area is 167 Å². The van der Waals surface area contributed by atoms with Crippen molar-refractivity contribution in [2.24, 2.45) is 0 Å². The molecule has 0 saturated heterocycles. The highest BCUT2D eigenvalue weighted by molar-refractivity contribution is 7.90. The van der Waals surface area contributed by atoms with Crippen molar-refractivity contribution in [3.63, 3.8) is 0 Å². The molecule has 0 heterocycles. The predicted molar refractivity (Wildman–Crippen MR) is 104 cm³/mol. The van der Waals surface area contributed by atoms with E-state index >= 15 is 0 Å². The average Bonchev–Trinajstić information content (AvgIpc) is 2.60. The van der Waals surface area contributed by atoms with Crippen LogP contribution in [0.15, 0.2) is 42.5 Å². The Hall–Kier alpha value is -3.01. The van der Waals surface area contributed by atoms with Crippen molar-refractivity contribution in [3.05, 3.63) is 59.7 Å². The van der Waals surface area contributed by atoms with E-state index in [0.717, 1.165) is 18.4 Å². The van der Waals surface area contributed by atoms with Crippen LogP contribution in [-0.2, 0) is 14.6 Å². The molecule has 0 bridgehead atoms. The van der Waals surface area contributed by atoms with Crippen LogP contribution in [0.2, 0.25) is 0 Å². The van der Waals surface area contributed by atoms with Crippen LogP contribution in [0, 0.1) is 11.6 Å². The lowest BCUT2D eigenvalue weighted by Crippen LogP contribution is -2.28. The summed E-state index contributed by atoms with van der Waals surface area (Å²) in [6.45, 7) is -0.0613. The number of sulfone groups is 1. The first-order chi connectivity index (χ1) is 13.6. The molecule has 0 aliphatic heterocycles. The summed E-state index contributed by atoms with van der Waals surface area (Å²) in [5.41, 5.74) is 0.119. The molecule has 0 spiro atoms. The van der Waals surface area contributed by atoms with Crippen molar-refractivity contribution >= 4 is 27.3 Å². The van der Waals surface area contributed by atoms with E-state index in [1.54, 1.807) is 18.2 Å². The number of carbonyl (C=O) groups excluding carboxylic acids is 2. The van der Waals surface area contributed by atoms with Gasteiger partial charge in [-0.2, -0.15) is 0 Å². The fourth-order valence-corrected chi connectivity index (χ4v) is 2.64. The van der Waals surface area contributed by atoms with Gasteiger partial charge in [-0.25, -0.2) is 17.2 Å². The molecule has 0 aliphatic carbocycles. The predicted octanol–water partition coefficient (Wildman–Crippen LogP) is 2.15. The highest BCUT2D eigenvalue weighted by Crippen LogP contribution is 2.17. The number of anilines is 1. The summed E-state index contributed by atoms with van der Waals surface area (Å²) in [6, 6.07) is 9.00. The van der Waals surface area contributed by atoms with E-state index < -0.39 is 33.3 Å². The molecule has 0 atom stereocenters. The average molecular weight is 426 g/mol. The number of amides is 2. The molecule has 0 saturated carbocycles. The highest BCUT2D eigenvalue weighted by Gasteiger charge is 2.13. The molecule has 7 nitrogen and oxygen atoms in total.